The number of carbonyl (C=O) groups excluding carboxylic acids is 1. The summed E-state index contributed by atoms with van der Waals surface area (Å²) in [6.07, 6.45) is 0. The van der Waals surface area contributed by atoms with Crippen LogP contribution >= 0.6 is 0 Å². The zero-order valence-electron chi connectivity index (χ0n) is 17.2. The highest BCUT2D eigenvalue weighted by Gasteiger charge is 2.31. The van der Waals surface area contributed by atoms with Crippen molar-refractivity contribution in [3.63, 3.8) is 0 Å². The highest BCUT2D eigenvalue weighted by atomic mass is 32.2. The zero-order valence-corrected chi connectivity index (χ0v) is 18.0. The minimum absolute atomic E-state index is 0.300. The monoisotopic (exact) mass is 443 g/mol. The summed E-state index contributed by atoms with van der Waals surface area (Å²) in [7, 11) is -2.14. The molecule has 1 aliphatic rings. The summed E-state index contributed by atoms with van der Waals surface area (Å²) in [5.74, 6) is 3.71. The number of ether oxygens (including phenoxy) is 1. The first-order valence-electron chi connectivity index (χ1n) is 9.80. The molecule has 0 radical (unpaired) electrons. The molecule has 2 N–H and O–H groups in total. The predicted octanol–water partition coefficient (Wildman–Crippen LogP) is 1.32. The minimum atomic E-state index is -3.75. The standard InChI is InChI=1S/C22H25N3O5S/c1-30-21-11-9-20(10-12-21)24-13-15-25(16-14-24)31(28,29)17-19(22(26)23-27)8-7-18-5-3-2-4-6-18/h2-6,9-12,19,27H,13-17H2,1H3,(H,23,26). The molecular weight excluding hydrogens is 418 g/mol. The largest absolute Gasteiger partial charge is 0.497 e. The van der Waals surface area contributed by atoms with E-state index in [0.29, 0.717) is 31.7 Å². The van der Waals surface area contributed by atoms with Gasteiger partial charge in [-0.3, -0.25) is 10.0 Å². The summed E-state index contributed by atoms with van der Waals surface area (Å²) in [6, 6.07) is 16.5. The van der Waals surface area contributed by atoms with Gasteiger partial charge >= 0.3 is 0 Å². The first kappa shape index (κ1) is 22.6. The number of sulfonamides is 1. The van der Waals surface area contributed by atoms with E-state index in [1.54, 1.807) is 31.4 Å². The van der Waals surface area contributed by atoms with Gasteiger partial charge in [0, 0.05) is 37.4 Å². The van der Waals surface area contributed by atoms with Gasteiger partial charge in [-0.05, 0) is 36.4 Å². The second kappa shape index (κ2) is 10.3. The van der Waals surface area contributed by atoms with Crippen molar-refractivity contribution in [1.82, 2.24) is 9.79 Å². The highest BCUT2D eigenvalue weighted by molar-refractivity contribution is 7.89. The van der Waals surface area contributed by atoms with Crippen molar-refractivity contribution in [2.24, 2.45) is 5.92 Å². The lowest BCUT2D eigenvalue weighted by Gasteiger charge is -2.35. The summed E-state index contributed by atoms with van der Waals surface area (Å²) in [5.41, 5.74) is 3.17. The molecule has 1 heterocycles. The molecule has 1 fully saturated rings. The first-order valence-corrected chi connectivity index (χ1v) is 11.4. The van der Waals surface area contributed by atoms with Crippen LogP contribution in [0.15, 0.2) is 54.6 Å². The number of benzene rings is 2. The maximum absolute atomic E-state index is 12.9. The second-order valence-electron chi connectivity index (χ2n) is 7.03. The summed E-state index contributed by atoms with van der Waals surface area (Å²) < 4.78 is 32.4. The van der Waals surface area contributed by atoms with E-state index < -0.39 is 27.6 Å². The molecular formula is C22H25N3O5S. The molecule has 1 atom stereocenters. The van der Waals surface area contributed by atoms with Gasteiger partial charge in [-0.2, -0.15) is 4.31 Å². The molecule has 1 unspecified atom stereocenters. The number of carbonyl (C=O) groups is 1. The number of rotatable bonds is 6. The van der Waals surface area contributed by atoms with E-state index in [-0.39, 0.29) is 0 Å². The van der Waals surface area contributed by atoms with E-state index >= 15 is 0 Å². The molecule has 0 saturated carbocycles. The molecule has 1 aliphatic heterocycles. The molecule has 2 aromatic rings. The number of hydroxylamine groups is 1. The molecule has 0 spiro atoms. The molecule has 1 amide bonds. The van der Waals surface area contributed by atoms with Gasteiger partial charge in [0.15, 0.2) is 0 Å². The number of piperazine rings is 1. The molecule has 0 aromatic heterocycles. The number of amides is 1. The molecule has 8 nitrogen and oxygen atoms in total. The van der Waals surface area contributed by atoms with Crippen LogP contribution in [0.2, 0.25) is 0 Å². The lowest BCUT2D eigenvalue weighted by molar-refractivity contribution is -0.131. The molecule has 0 aliphatic carbocycles. The highest BCUT2D eigenvalue weighted by Crippen LogP contribution is 2.21. The molecule has 2 aromatic carbocycles. The third kappa shape index (κ3) is 5.98. The Morgan fingerprint density at radius 3 is 2.32 bits per heavy atom. The number of hydrogen-bond acceptors (Lipinski definition) is 6. The Labute approximate surface area is 182 Å². The minimum Gasteiger partial charge on any atom is -0.497 e. The van der Waals surface area contributed by atoms with E-state index in [1.807, 2.05) is 30.3 Å². The van der Waals surface area contributed by atoms with E-state index in [1.165, 1.54) is 9.79 Å². The third-order valence-corrected chi connectivity index (χ3v) is 6.94. The molecule has 0 bridgehead atoms. The van der Waals surface area contributed by atoms with Gasteiger partial charge in [0.2, 0.25) is 10.0 Å². The number of nitrogens with zero attached hydrogens (tertiary/aromatic N) is 2. The van der Waals surface area contributed by atoms with Crippen molar-refractivity contribution in [3.05, 3.63) is 60.2 Å². The molecule has 164 valence electrons. The Morgan fingerprint density at radius 2 is 1.74 bits per heavy atom. The van der Waals surface area contributed by atoms with Crippen molar-refractivity contribution in [3.8, 4) is 17.6 Å². The maximum Gasteiger partial charge on any atom is 0.259 e. The Balaban J connectivity index is 1.66. The fourth-order valence-electron chi connectivity index (χ4n) is 3.29. The Kier molecular flexibility index (Phi) is 7.52. The smallest absolute Gasteiger partial charge is 0.259 e. The van der Waals surface area contributed by atoms with Gasteiger partial charge in [0.1, 0.15) is 11.7 Å². The SMILES string of the molecule is COc1ccc(N2CCN(S(=O)(=O)CC(C#Cc3ccccc3)C(=O)NO)CC2)cc1. The Bertz CT molecular complexity index is 1040. The quantitative estimate of drug-likeness (QED) is 0.397. The topological polar surface area (TPSA) is 99.2 Å². The van der Waals surface area contributed by atoms with Crippen LogP contribution in [0.5, 0.6) is 5.75 Å². The molecule has 31 heavy (non-hydrogen) atoms. The number of anilines is 1. The molecule has 9 heteroatoms. The Hall–Kier alpha value is -3.06. The van der Waals surface area contributed by atoms with Crippen LogP contribution in [0.4, 0.5) is 5.69 Å². The molecule has 1 saturated heterocycles. The summed E-state index contributed by atoms with van der Waals surface area (Å²) >= 11 is 0. The molecule has 3 rings (SSSR count). The van der Waals surface area contributed by atoms with Crippen LogP contribution in [-0.4, -0.2) is 62.9 Å². The average molecular weight is 444 g/mol. The van der Waals surface area contributed by atoms with Crippen LogP contribution in [0.1, 0.15) is 5.56 Å². The van der Waals surface area contributed by atoms with E-state index in [2.05, 4.69) is 16.7 Å². The second-order valence-corrected chi connectivity index (χ2v) is 9.04. The van der Waals surface area contributed by atoms with Crippen molar-refractivity contribution in [2.75, 3.05) is 43.9 Å². The first-order chi connectivity index (χ1) is 14.9. The zero-order chi connectivity index (χ0) is 22.3. The maximum atomic E-state index is 12.9. The lowest BCUT2D eigenvalue weighted by Crippen LogP contribution is -2.50. The summed E-state index contributed by atoms with van der Waals surface area (Å²) in [6.45, 7) is 1.65. The van der Waals surface area contributed by atoms with Gasteiger partial charge in [-0.15, -0.1) is 0 Å². The lowest BCUT2D eigenvalue weighted by atomic mass is 10.1. The van der Waals surface area contributed by atoms with Gasteiger partial charge in [-0.25, -0.2) is 13.9 Å². The van der Waals surface area contributed by atoms with Crippen LogP contribution in [0, 0.1) is 17.8 Å². The number of nitrogens with one attached hydrogen (secondary N) is 1. The van der Waals surface area contributed by atoms with Crippen LogP contribution < -0.4 is 15.1 Å². The van der Waals surface area contributed by atoms with Crippen molar-refractivity contribution < 1.29 is 23.2 Å². The van der Waals surface area contributed by atoms with E-state index in [9.17, 15) is 13.2 Å². The fourth-order valence-corrected chi connectivity index (χ4v) is 4.87. The van der Waals surface area contributed by atoms with Gasteiger partial charge < -0.3 is 9.64 Å². The van der Waals surface area contributed by atoms with Gasteiger partial charge in [0.05, 0.1) is 12.9 Å². The average Bonchev–Trinajstić information content (AvgIpc) is 2.82. The van der Waals surface area contributed by atoms with E-state index in [0.717, 1.165) is 11.4 Å². The van der Waals surface area contributed by atoms with Crippen molar-refractivity contribution >= 4 is 21.6 Å². The van der Waals surface area contributed by atoms with Crippen LogP contribution in [0.25, 0.3) is 0 Å². The normalized spacial score (nSPS) is 15.5. The summed E-state index contributed by atoms with van der Waals surface area (Å²) in [4.78, 5) is 14.1. The Morgan fingerprint density at radius 1 is 1.10 bits per heavy atom. The third-order valence-electron chi connectivity index (χ3n) is 5.04. The van der Waals surface area contributed by atoms with Crippen molar-refractivity contribution in [2.45, 2.75) is 0 Å². The van der Waals surface area contributed by atoms with Crippen LogP contribution in [0.3, 0.4) is 0 Å². The van der Waals surface area contributed by atoms with Gasteiger partial charge in [0.25, 0.3) is 5.91 Å². The van der Waals surface area contributed by atoms with E-state index in [4.69, 9.17) is 9.94 Å². The van der Waals surface area contributed by atoms with Crippen molar-refractivity contribution in [1.29, 1.82) is 0 Å². The number of hydrogen-bond donors (Lipinski definition) is 2. The fraction of sp³-hybridized carbons (Fsp3) is 0.318. The van der Waals surface area contributed by atoms with Gasteiger partial charge in [-0.1, -0.05) is 30.0 Å². The predicted molar refractivity (Wildman–Crippen MR) is 117 cm³/mol. The number of methoxy groups -OCH3 is 1. The summed E-state index contributed by atoms with van der Waals surface area (Å²) in [5, 5.41) is 9.02. The van der Waals surface area contributed by atoms with Crippen LogP contribution in [-0.2, 0) is 14.8 Å².